The average Bonchev–Trinajstić information content (AvgIpc) is 2.45. The van der Waals surface area contributed by atoms with Crippen LogP contribution in [0.1, 0.15) is 25.8 Å². The first-order chi connectivity index (χ1) is 10.8. The highest BCUT2D eigenvalue weighted by Crippen LogP contribution is 2.08. The van der Waals surface area contributed by atoms with Crippen molar-refractivity contribution in [3.8, 4) is 0 Å². The highest BCUT2D eigenvalue weighted by molar-refractivity contribution is 8.08. The molecular weight excluding hydrogens is 354 g/mol. The van der Waals surface area contributed by atoms with Crippen molar-refractivity contribution < 1.29 is 26.2 Å². The minimum atomic E-state index is -4.02. The van der Waals surface area contributed by atoms with Gasteiger partial charge in [-0.25, -0.2) is 8.42 Å². The molecule has 1 rings (SSSR count). The predicted octanol–water partition coefficient (Wildman–Crippen LogP) is 1.69. The zero-order valence-electron chi connectivity index (χ0n) is 13.8. The monoisotopic (exact) mass is 377 g/mol. The Morgan fingerprint density at radius 2 is 1.67 bits per heavy atom. The van der Waals surface area contributed by atoms with Gasteiger partial charge in [-0.05, 0) is 31.4 Å². The van der Waals surface area contributed by atoms with Crippen LogP contribution in [0.4, 0.5) is 0 Å². The van der Waals surface area contributed by atoms with Crippen LogP contribution in [0.5, 0.6) is 0 Å². The molecule has 0 saturated heterocycles. The van der Waals surface area contributed by atoms with Crippen LogP contribution < -0.4 is 5.73 Å². The van der Waals surface area contributed by atoms with E-state index >= 15 is 0 Å². The molecule has 0 aromatic heterocycles. The van der Waals surface area contributed by atoms with Crippen molar-refractivity contribution in [1.29, 1.82) is 0 Å². The van der Waals surface area contributed by atoms with Crippen LogP contribution in [-0.2, 0) is 24.7 Å². The molecule has 0 bridgehead atoms. The summed E-state index contributed by atoms with van der Waals surface area (Å²) in [6.07, 6.45) is 0.367. The zero-order chi connectivity index (χ0) is 19.1. The number of carbonyl (C=O) groups excluding carboxylic acids is 1. The first kappa shape index (κ1) is 22.4. The molecular formula is C15H23NO6S2. The van der Waals surface area contributed by atoms with Crippen LogP contribution in [0.2, 0.25) is 0 Å². The summed E-state index contributed by atoms with van der Waals surface area (Å²) in [5, 5.41) is -0.314. The molecule has 7 nitrogen and oxygen atoms in total. The number of hydrogen-bond donors (Lipinski definition) is 2. The topological polar surface area (TPSA) is 132 Å². The van der Waals surface area contributed by atoms with Gasteiger partial charge in [-0.1, -0.05) is 38.1 Å². The maximum atomic E-state index is 11.1. The van der Waals surface area contributed by atoms with Gasteiger partial charge in [0, 0.05) is 5.41 Å². The number of rotatable bonds is 5. The number of sulfone groups is 1. The van der Waals surface area contributed by atoms with Crippen LogP contribution in [0, 0.1) is 12.8 Å². The van der Waals surface area contributed by atoms with Gasteiger partial charge in [0.25, 0.3) is 15.2 Å². The van der Waals surface area contributed by atoms with E-state index in [1.54, 1.807) is 12.1 Å². The largest absolute Gasteiger partial charge is 0.321 e. The number of carbonyl (C=O) groups is 1. The lowest BCUT2D eigenvalue weighted by atomic mass is 10.1. The average molecular weight is 377 g/mol. The van der Waals surface area contributed by atoms with E-state index in [9.17, 15) is 21.6 Å². The molecule has 9 heteroatoms. The molecule has 1 aromatic rings. The molecule has 0 aliphatic rings. The summed E-state index contributed by atoms with van der Waals surface area (Å²) in [5.41, 5.74) is 6.36. The molecule has 0 heterocycles. The van der Waals surface area contributed by atoms with Crippen LogP contribution in [0.25, 0.3) is 0 Å². The zero-order valence-corrected chi connectivity index (χ0v) is 15.5. The highest BCUT2D eigenvalue weighted by Gasteiger charge is 2.25. The van der Waals surface area contributed by atoms with Crippen LogP contribution >= 0.6 is 0 Å². The van der Waals surface area contributed by atoms with Gasteiger partial charge in [0.2, 0.25) is 9.84 Å². The molecule has 1 aromatic carbocycles. The fourth-order valence-corrected chi connectivity index (χ4v) is 2.77. The van der Waals surface area contributed by atoms with Gasteiger partial charge in [0.15, 0.2) is 0 Å². The Balaban J connectivity index is 0.000000446. The molecule has 0 radical (unpaired) electrons. The quantitative estimate of drug-likeness (QED) is 0.746. The fourth-order valence-electron chi connectivity index (χ4n) is 1.61. The molecule has 0 unspecified atom stereocenters. The molecule has 0 spiro atoms. The summed E-state index contributed by atoms with van der Waals surface area (Å²) in [6.45, 7) is 8.63. The van der Waals surface area contributed by atoms with Crippen molar-refractivity contribution >= 4 is 25.1 Å². The van der Waals surface area contributed by atoms with E-state index in [4.69, 9.17) is 10.3 Å². The molecule has 1 atom stereocenters. The van der Waals surface area contributed by atoms with E-state index in [2.05, 4.69) is 6.58 Å². The summed E-state index contributed by atoms with van der Waals surface area (Å²) in [5.74, 6) is 0.193. The summed E-state index contributed by atoms with van der Waals surface area (Å²) in [4.78, 5) is 11.1. The molecule has 0 amide bonds. The van der Waals surface area contributed by atoms with E-state index < -0.39 is 31.1 Å². The van der Waals surface area contributed by atoms with Gasteiger partial charge >= 0.3 is 0 Å². The highest BCUT2D eigenvalue weighted by atomic mass is 32.2. The Morgan fingerprint density at radius 3 is 2.00 bits per heavy atom. The van der Waals surface area contributed by atoms with Gasteiger partial charge in [0.1, 0.15) is 0 Å². The second-order valence-electron chi connectivity index (χ2n) is 5.55. The minimum absolute atomic E-state index is 0.0666. The normalized spacial score (nSPS) is 12.9. The number of aryl methyl sites for hydroxylation is 1. The molecule has 0 fully saturated rings. The molecule has 0 saturated carbocycles. The third kappa shape index (κ3) is 7.82. The number of nitrogens with two attached hydrogens (primary N) is 1. The second-order valence-corrected chi connectivity index (χ2v) is 8.80. The van der Waals surface area contributed by atoms with Crippen molar-refractivity contribution in [1.82, 2.24) is 0 Å². The number of benzene rings is 1. The molecule has 24 heavy (non-hydrogen) atoms. The predicted molar refractivity (Wildman–Crippen MR) is 92.5 cm³/mol. The molecule has 0 aliphatic heterocycles. The van der Waals surface area contributed by atoms with Crippen molar-refractivity contribution in [2.75, 3.05) is 0 Å². The SMILES string of the molecule is C=CS(=O)(=O)C(=O)[C@@H](N)CC(C)C.Cc1ccc(S(=O)(=O)O)cc1. The maximum absolute atomic E-state index is 11.1. The van der Waals surface area contributed by atoms with Gasteiger partial charge in [-0.3, -0.25) is 9.35 Å². The first-order valence-corrected chi connectivity index (χ1v) is 10.0. The van der Waals surface area contributed by atoms with E-state index in [1.165, 1.54) is 12.1 Å². The first-order valence-electron chi connectivity index (χ1n) is 7.02. The van der Waals surface area contributed by atoms with E-state index in [1.807, 2.05) is 20.8 Å². The molecule has 3 N–H and O–H groups in total. The lowest BCUT2D eigenvalue weighted by Crippen LogP contribution is -2.36. The molecule has 0 aliphatic carbocycles. The lowest BCUT2D eigenvalue weighted by Gasteiger charge is -2.10. The third-order valence-corrected chi connectivity index (χ3v) is 5.02. The summed E-state index contributed by atoms with van der Waals surface area (Å²) >= 11 is 0. The Labute approximate surface area is 143 Å². The molecule has 136 valence electrons. The Kier molecular flexibility index (Phi) is 8.48. The Bertz CT molecular complexity index is 765. The van der Waals surface area contributed by atoms with Crippen molar-refractivity contribution in [3.63, 3.8) is 0 Å². The van der Waals surface area contributed by atoms with Crippen LogP contribution in [-0.4, -0.2) is 32.5 Å². The summed E-state index contributed by atoms with van der Waals surface area (Å²) in [7, 11) is -7.86. The second kappa shape index (κ2) is 9.07. The lowest BCUT2D eigenvalue weighted by molar-refractivity contribution is -0.113. The van der Waals surface area contributed by atoms with E-state index in [-0.39, 0.29) is 10.8 Å². The van der Waals surface area contributed by atoms with Gasteiger partial charge in [-0.2, -0.15) is 8.42 Å². The maximum Gasteiger partial charge on any atom is 0.294 e. The van der Waals surface area contributed by atoms with Crippen LogP contribution in [0.3, 0.4) is 0 Å². The van der Waals surface area contributed by atoms with Gasteiger partial charge in [-0.15, -0.1) is 0 Å². The smallest absolute Gasteiger partial charge is 0.294 e. The minimum Gasteiger partial charge on any atom is -0.321 e. The van der Waals surface area contributed by atoms with E-state index in [0.717, 1.165) is 5.56 Å². The van der Waals surface area contributed by atoms with Crippen molar-refractivity contribution in [2.24, 2.45) is 11.7 Å². The van der Waals surface area contributed by atoms with Crippen LogP contribution in [0.15, 0.2) is 41.1 Å². The summed E-state index contributed by atoms with van der Waals surface area (Å²) < 4.78 is 51.5. The van der Waals surface area contributed by atoms with Gasteiger partial charge in [0.05, 0.1) is 10.9 Å². The van der Waals surface area contributed by atoms with E-state index in [0.29, 0.717) is 11.8 Å². The fraction of sp³-hybridized carbons (Fsp3) is 0.400. The van der Waals surface area contributed by atoms with Gasteiger partial charge < -0.3 is 5.73 Å². The summed E-state index contributed by atoms with van der Waals surface area (Å²) in [6, 6.07) is 5.05. The van der Waals surface area contributed by atoms with Crippen molar-refractivity contribution in [2.45, 2.75) is 38.1 Å². The standard InChI is InChI=1S/C8H15NO3S.C7H8O3S/c1-4-13(11,12)8(10)7(9)5-6(2)3;1-6-2-4-7(5-3-6)11(8,9)10/h4,6-7H,1,5,9H2,2-3H3;2-5H,1H3,(H,8,9,10)/t7-;/m0./s1. The Morgan fingerprint density at radius 1 is 1.21 bits per heavy atom. The van der Waals surface area contributed by atoms with Crippen molar-refractivity contribution in [3.05, 3.63) is 41.8 Å². The Hall–Kier alpha value is -1.55. The third-order valence-electron chi connectivity index (χ3n) is 2.85. The number of hydrogen-bond acceptors (Lipinski definition) is 6.